The molecular weight excluding hydrogens is 305 g/mol. The fourth-order valence-corrected chi connectivity index (χ4v) is 2.19. The van der Waals surface area contributed by atoms with Crippen molar-refractivity contribution < 1.29 is 32.9 Å². The molecule has 0 aromatic carbocycles. The summed E-state index contributed by atoms with van der Waals surface area (Å²) >= 11 is 0. The molecule has 1 saturated heterocycles. The van der Waals surface area contributed by atoms with Crippen molar-refractivity contribution in [1.82, 2.24) is 9.88 Å². The summed E-state index contributed by atoms with van der Waals surface area (Å²) in [5, 5.41) is 17.9. The van der Waals surface area contributed by atoms with Gasteiger partial charge in [-0.15, -0.1) is 0 Å². The first-order valence-corrected chi connectivity index (χ1v) is 6.63. The number of carbonyl (C=O) groups is 1. The van der Waals surface area contributed by atoms with Gasteiger partial charge in [0.25, 0.3) is 0 Å². The Balaban J connectivity index is 2.08. The molecule has 6 nitrogen and oxygen atoms in total. The largest absolute Gasteiger partial charge is 0.474 e. The Hall–Kier alpha value is -2.03. The van der Waals surface area contributed by atoms with Crippen LogP contribution < -0.4 is 4.74 Å². The minimum atomic E-state index is -4.63. The zero-order chi connectivity index (χ0) is 16.3. The summed E-state index contributed by atoms with van der Waals surface area (Å²) in [6, 6.07) is 2.01. The molecule has 1 amide bonds. The van der Waals surface area contributed by atoms with E-state index >= 15 is 0 Å². The van der Waals surface area contributed by atoms with Crippen molar-refractivity contribution in [1.29, 1.82) is 0 Å². The fraction of sp³-hybridized carbons (Fsp3) is 0.538. The van der Waals surface area contributed by atoms with Crippen LogP contribution in [0.3, 0.4) is 0 Å². The number of hydrogen-bond donors (Lipinski definition) is 2. The number of alkyl halides is 3. The molecule has 0 spiro atoms. The molecule has 0 unspecified atom stereocenters. The van der Waals surface area contributed by atoms with Crippen LogP contribution in [-0.4, -0.2) is 45.4 Å². The number of carboxylic acid groups (broad SMARTS) is 1. The van der Waals surface area contributed by atoms with Crippen molar-refractivity contribution in [3.05, 3.63) is 23.4 Å². The molecule has 1 aromatic heterocycles. The molecule has 0 aliphatic carbocycles. The van der Waals surface area contributed by atoms with Gasteiger partial charge >= 0.3 is 12.3 Å². The highest BCUT2D eigenvalue weighted by molar-refractivity contribution is 5.65. The number of pyridine rings is 1. The average molecular weight is 320 g/mol. The first kappa shape index (κ1) is 16.3. The lowest BCUT2D eigenvalue weighted by Crippen LogP contribution is -2.41. The second-order valence-corrected chi connectivity index (χ2v) is 4.94. The lowest BCUT2D eigenvalue weighted by atomic mass is 10.1. The van der Waals surface area contributed by atoms with Crippen LogP contribution in [0, 0.1) is 0 Å². The van der Waals surface area contributed by atoms with Gasteiger partial charge < -0.3 is 19.8 Å². The van der Waals surface area contributed by atoms with Gasteiger partial charge in [0, 0.05) is 32.0 Å². The molecule has 1 aliphatic heterocycles. The maximum Gasteiger partial charge on any atom is 0.433 e. The summed E-state index contributed by atoms with van der Waals surface area (Å²) < 4.78 is 43.6. The van der Waals surface area contributed by atoms with Gasteiger partial charge in [-0.2, -0.15) is 13.2 Å². The summed E-state index contributed by atoms with van der Waals surface area (Å²) in [5.74, 6) is -0.215. The third-order valence-corrected chi connectivity index (χ3v) is 3.33. The zero-order valence-corrected chi connectivity index (χ0v) is 11.5. The van der Waals surface area contributed by atoms with Gasteiger partial charge in [0.05, 0.1) is 6.61 Å². The molecule has 2 N–H and O–H groups in total. The lowest BCUT2D eigenvalue weighted by Gasteiger charge is -2.30. The third kappa shape index (κ3) is 4.00. The number of aromatic nitrogens is 1. The molecule has 9 heteroatoms. The van der Waals surface area contributed by atoms with Gasteiger partial charge in [-0.1, -0.05) is 0 Å². The number of likely N-dealkylation sites (tertiary alicyclic amines) is 1. The van der Waals surface area contributed by atoms with E-state index in [1.807, 2.05) is 0 Å². The number of aliphatic hydroxyl groups is 1. The summed E-state index contributed by atoms with van der Waals surface area (Å²) in [7, 11) is 0. The molecule has 122 valence electrons. The van der Waals surface area contributed by atoms with Crippen LogP contribution in [0.4, 0.5) is 18.0 Å². The molecule has 1 aliphatic rings. The van der Waals surface area contributed by atoms with Crippen LogP contribution in [0.5, 0.6) is 5.88 Å². The Morgan fingerprint density at radius 3 is 2.50 bits per heavy atom. The van der Waals surface area contributed by atoms with Gasteiger partial charge in [-0.05, 0) is 11.6 Å². The second kappa shape index (κ2) is 6.39. The zero-order valence-electron chi connectivity index (χ0n) is 11.5. The topological polar surface area (TPSA) is 82.9 Å². The smallest absolute Gasteiger partial charge is 0.433 e. The Morgan fingerprint density at radius 1 is 1.36 bits per heavy atom. The van der Waals surface area contributed by atoms with Crippen LogP contribution in [0.25, 0.3) is 0 Å². The molecule has 1 aromatic rings. The van der Waals surface area contributed by atoms with Crippen LogP contribution in [0.2, 0.25) is 0 Å². The van der Waals surface area contributed by atoms with E-state index in [0.717, 1.165) is 6.07 Å². The molecule has 0 radical (unpaired) electrons. The fourth-order valence-electron chi connectivity index (χ4n) is 2.19. The maximum absolute atomic E-state index is 12.7. The number of amides is 1. The van der Waals surface area contributed by atoms with Crippen molar-refractivity contribution in [2.45, 2.75) is 31.7 Å². The highest BCUT2D eigenvalue weighted by atomic mass is 19.4. The minimum absolute atomic E-state index is 0.0558. The Bertz CT molecular complexity index is 543. The molecule has 0 atom stereocenters. The Labute approximate surface area is 124 Å². The van der Waals surface area contributed by atoms with E-state index in [1.54, 1.807) is 0 Å². The molecule has 1 fully saturated rings. The summed E-state index contributed by atoms with van der Waals surface area (Å²) in [6.45, 7) is -0.0446. The number of nitrogens with zero attached hydrogens (tertiary/aromatic N) is 2. The predicted octanol–water partition coefficient (Wildman–Crippen LogP) is 2.11. The van der Waals surface area contributed by atoms with Gasteiger partial charge in [0.2, 0.25) is 5.88 Å². The van der Waals surface area contributed by atoms with Crippen molar-refractivity contribution >= 4 is 6.09 Å². The quantitative estimate of drug-likeness (QED) is 0.891. The van der Waals surface area contributed by atoms with Crippen molar-refractivity contribution in [3.63, 3.8) is 0 Å². The predicted molar refractivity (Wildman–Crippen MR) is 68.4 cm³/mol. The summed E-state index contributed by atoms with van der Waals surface area (Å²) in [4.78, 5) is 15.4. The summed E-state index contributed by atoms with van der Waals surface area (Å²) in [6.07, 6.45) is -5.32. The highest BCUT2D eigenvalue weighted by Gasteiger charge is 2.34. The average Bonchev–Trinajstić information content (AvgIpc) is 2.46. The van der Waals surface area contributed by atoms with E-state index in [-0.39, 0.29) is 24.5 Å². The van der Waals surface area contributed by atoms with E-state index < -0.39 is 30.7 Å². The first-order chi connectivity index (χ1) is 10.3. The number of halogens is 3. The molecule has 0 bridgehead atoms. The van der Waals surface area contributed by atoms with E-state index in [0.29, 0.717) is 12.8 Å². The van der Waals surface area contributed by atoms with Crippen LogP contribution in [-0.2, 0) is 12.8 Å². The van der Waals surface area contributed by atoms with Gasteiger partial charge in [0.1, 0.15) is 11.8 Å². The van der Waals surface area contributed by atoms with E-state index in [1.165, 1.54) is 11.0 Å². The highest BCUT2D eigenvalue weighted by Crippen LogP contribution is 2.30. The van der Waals surface area contributed by atoms with E-state index in [9.17, 15) is 18.0 Å². The molecular formula is C13H15F3N2O4. The SMILES string of the molecule is O=C(O)N1CCC(Oc2cc(CO)cc(C(F)(F)F)n2)CC1. The van der Waals surface area contributed by atoms with E-state index in [2.05, 4.69) is 4.98 Å². The number of piperidine rings is 1. The maximum atomic E-state index is 12.7. The van der Waals surface area contributed by atoms with Crippen LogP contribution >= 0.6 is 0 Å². The Morgan fingerprint density at radius 2 is 2.00 bits per heavy atom. The van der Waals surface area contributed by atoms with Gasteiger partial charge in [-0.3, -0.25) is 0 Å². The molecule has 2 heterocycles. The molecule has 22 heavy (non-hydrogen) atoms. The monoisotopic (exact) mass is 320 g/mol. The number of aliphatic hydroxyl groups excluding tert-OH is 1. The summed E-state index contributed by atoms with van der Waals surface area (Å²) in [5.41, 5.74) is -1.07. The number of rotatable bonds is 3. The van der Waals surface area contributed by atoms with Crippen LogP contribution in [0.15, 0.2) is 12.1 Å². The molecule has 2 rings (SSSR count). The van der Waals surface area contributed by atoms with Gasteiger partial charge in [-0.25, -0.2) is 9.78 Å². The van der Waals surface area contributed by atoms with Crippen molar-refractivity contribution in [3.8, 4) is 5.88 Å². The minimum Gasteiger partial charge on any atom is -0.474 e. The van der Waals surface area contributed by atoms with Crippen molar-refractivity contribution in [2.75, 3.05) is 13.1 Å². The first-order valence-electron chi connectivity index (χ1n) is 6.63. The van der Waals surface area contributed by atoms with E-state index in [4.69, 9.17) is 14.9 Å². The second-order valence-electron chi connectivity index (χ2n) is 4.94. The standard InChI is InChI=1S/C13H15F3N2O4/c14-13(15,16)10-5-8(7-19)6-11(17-10)22-9-1-3-18(4-2-9)12(20)21/h5-6,9,19H,1-4,7H2,(H,20,21). The lowest BCUT2D eigenvalue weighted by molar-refractivity contribution is -0.141. The number of ether oxygens (including phenoxy) is 1. The third-order valence-electron chi connectivity index (χ3n) is 3.33. The van der Waals surface area contributed by atoms with Crippen LogP contribution in [0.1, 0.15) is 24.1 Å². The normalized spacial score (nSPS) is 16.6. The Kier molecular flexibility index (Phi) is 4.74. The number of hydrogen-bond acceptors (Lipinski definition) is 4. The van der Waals surface area contributed by atoms with Gasteiger partial charge in [0.15, 0.2) is 0 Å². The molecule has 0 saturated carbocycles. The van der Waals surface area contributed by atoms with Crippen molar-refractivity contribution in [2.24, 2.45) is 0 Å².